The summed E-state index contributed by atoms with van der Waals surface area (Å²) in [5, 5.41) is -1.30. The van der Waals surface area contributed by atoms with E-state index in [4.69, 9.17) is 0 Å². The molecule has 0 radical (unpaired) electrons. The van der Waals surface area contributed by atoms with Gasteiger partial charge in [-0.15, -0.1) is 0 Å². The third-order valence-corrected chi connectivity index (χ3v) is 4.19. The summed E-state index contributed by atoms with van der Waals surface area (Å²) in [6.45, 7) is 1.23. The molecule has 0 N–H and O–H groups in total. The zero-order chi connectivity index (χ0) is 12.3. The van der Waals surface area contributed by atoms with Crippen LogP contribution in [0.1, 0.15) is 6.92 Å². The molecule has 4 nitrogen and oxygen atoms in total. The molecule has 0 saturated heterocycles. The summed E-state index contributed by atoms with van der Waals surface area (Å²) in [7, 11) is -2.70. The first-order valence-electron chi connectivity index (χ1n) is 4.47. The summed E-state index contributed by atoms with van der Waals surface area (Å²) >= 11 is 0. The van der Waals surface area contributed by atoms with Gasteiger partial charge in [0.25, 0.3) is 0 Å². The molecule has 0 aliphatic carbocycles. The molecule has 1 aromatic rings. The highest BCUT2D eigenvalue weighted by Gasteiger charge is 2.30. The fourth-order valence-corrected chi connectivity index (χ4v) is 2.39. The van der Waals surface area contributed by atoms with Gasteiger partial charge in [-0.05, 0) is 31.2 Å². The fraction of sp³-hybridized carbons (Fsp3) is 0.300. The van der Waals surface area contributed by atoms with Gasteiger partial charge in [0, 0.05) is 0 Å². The molecule has 0 aliphatic rings. The lowest BCUT2D eigenvalue weighted by molar-refractivity contribution is -0.139. The van der Waals surface area contributed by atoms with Crippen LogP contribution in [0.5, 0.6) is 0 Å². The minimum atomic E-state index is -3.81. The number of rotatable bonds is 3. The molecule has 0 aromatic heterocycles. The zero-order valence-electron chi connectivity index (χ0n) is 8.81. The number of hydrogen-bond donors (Lipinski definition) is 0. The van der Waals surface area contributed by atoms with Gasteiger partial charge in [0.15, 0.2) is 15.1 Å². The number of carbonyl (C=O) groups is 1. The number of benzene rings is 1. The second-order valence-corrected chi connectivity index (χ2v) is 5.43. The van der Waals surface area contributed by atoms with E-state index in [9.17, 15) is 17.6 Å². The molecule has 1 atom stereocenters. The summed E-state index contributed by atoms with van der Waals surface area (Å²) in [6, 6.07) is 4.28. The molecule has 0 fully saturated rings. The molecule has 16 heavy (non-hydrogen) atoms. The molecule has 0 aliphatic heterocycles. The number of carbonyl (C=O) groups excluding carboxylic acids is 1. The summed E-state index contributed by atoms with van der Waals surface area (Å²) in [5.41, 5.74) is 0. The van der Waals surface area contributed by atoms with Gasteiger partial charge in [-0.2, -0.15) is 0 Å². The first-order valence-corrected chi connectivity index (χ1v) is 6.01. The Morgan fingerprint density at radius 1 is 1.31 bits per heavy atom. The van der Waals surface area contributed by atoms with E-state index in [1.807, 2.05) is 0 Å². The Bertz CT molecular complexity index is 478. The average Bonchev–Trinajstić information content (AvgIpc) is 2.27. The van der Waals surface area contributed by atoms with Crippen LogP contribution in [0, 0.1) is 5.82 Å². The quantitative estimate of drug-likeness (QED) is 0.593. The maximum absolute atomic E-state index is 12.6. The first-order chi connectivity index (χ1) is 7.39. The monoisotopic (exact) mass is 246 g/mol. The molecule has 0 amide bonds. The highest BCUT2D eigenvalue weighted by atomic mass is 32.2. The van der Waals surface area contributed by atoms with Gasteiger partial charge in [-0.25, -0.2) is 12.8 Å². The maximum Gasteiger partial charge on any atom is 0.324 e. The Morgan fingerprint density at radius 2 is 1.81 bits per heavy atom. The largest absolute Gasteiger partial charge is 0.468 e. The second kappa shape index (κ2) is 4.61. The van der Waals surface area contributed by atoms with Crippen molar-refractivity contribution in [1.82, 2.24) is 0 Å². The van der Waals surface area contributed by atoms with Crippen LogP contribution in [0.3, 0.4) is 0 Å². The van der Waals surface area contributed by atoms with Crippen LogP contribution in [0.4, 0.5) is 4.39 Å². The van der Waals surface area contributed by atoms with Gasteiger partial charge < -0.3 is 4.74 Å². The first kappa shape index (κ1) is 12.6. The van der Waals surface area contributed by atoms with E-state index in [0.29, 0.717) is 0 Å². The van der Waals surface area contributed by atoms with E-state index in [0.717, 1.165) is 31.4 Å². The van der Waals surface area contributed by atoms with E-state index in [1.54, 1.807) is 0 Å². The molecule has 0 saturated carbocycles. The van der Waals surface area contributed by atoms with E-state index in [1.165, 1.54) is 6.92 Å². The van der Waals surface area contributed by atoms with Crippen molar-refractivity contribution in [3.63, 3.8) is 0 Å². The summed E-state index contributed by atoms with van der Waals surface area (Å²) < 4.78 is 40.6. The van der Waals surface area contributed by atoms with Crippen LogP contribution in [-0.4, -0.2) is 26.7 Å². The SMILES string of the molecule is COC(=O)C(C)S(=O)(=O)c1ccc(F)cc1. The van der Waals surface area contributed by atoms with Gasteiger partial charge >= 0.3 is 5.97 Å². The Kier molecular flexibility index (Phi) is 3.64. The van der Waals surface area contributed by atoms with E-state index in [-0.39, 0.29) is 4.90 Å². The minimum absolute atomic E-state index is 0.105. The van der Waals surface area contributed by atoms with Crippen LogP contribution in [0.2, 0.25) is 0 Å². The standard InChI is InChI=1S/C10H11FO4S/c1-7(10(12)15-2)16(13,14)9-5-3-8(11)4-6-9/h3-7H,1-2H3. The Hall–Kier alpha value is -1.43. The molecule has 1 aromatic carbocycles. The van der Waals surface area contributed by atoms with Crippen molar-refractivity contribution in [2.75, 3.05) is 7.11 Å². The van der Waals surface area contributed by atoms with Crippen LogP contribution in [0.15, 0.2) is 29.2 Å². The van der Waals surface area contributed by atoms with Crippen molar-refractivity contribution in [3.8, 4) is 0 Å². The third kappa shape index (κ3) is 2.38. The Labute approximate surface area is 93.0 Å². The van der Waals surface area contributed by atoms with E-state index >= 15 is 0 Å². The lowest BCUT2D eigenvalue weighted by Crippen LogP contribution is -2.28. The van der Waals surface area contributed by atoms with Crippen LogP contribution in [-0.2, 0) is 19.4 Å². The molecule has 1 rings (SSSR count). The maximum atomic E-state index is 12.6. The van der Waals surface area contributed by atoms with Crippen LogP contribution in [0.25, 0.3) is 0 Å². The average molecular weight is 246 g/mol. The van der Waals surface area contributed by atoms with Gasteiger partial charge in [-0.3, -0.25) is 4.79 Å². The minimum Gasteiger partial charge on any atom is -0.468 e. The Morgan fingerprint density at radius 3 is 2.25 bits per heavy atom. The predicted molar refractivity (Wildman–Crippen MR) is 55.1 cm³/mol. The molecule has 0 bridgehead atoms. The third-order valence-electron chi connectivity index (χ3n) is 2.14. The number of sulfone groups is 1. The van der Waals surface area contributed by atoms with Crippen molar-refractivity contribution >= 4 is 15.8 Å². The number of esters is 1. The highest BCUT2D eigenvalue weighted by Crippen LogP contribution is 2.17. The molecular weight excluding hydrogens is 235 g/mol. The van der Waals surface area contributed by atoms with Crippen molar-refractivity contribution in [3.05, 3.63) is 30.1 Å². The lowest BCUT2D eigenvalue weighted by Gasteiger charge is -2.10. The number of hydrogen-bond acceptors (Lipinski definition) is 4. The molecule has 1 unspecified atom stereocenters. The second-order valence-electron chi connectivity index (χ2n) is 3.16. The Balaban J connectivity index is 3.12. The van der Waals surface area contributed by atoms with Gasteiger partial charge in [0.1, 0.15) is 5.82 Å². The molecular formula is C10H11FO4S. The molecule has 0 spiro atoms. The number of ether oxygens (including phenoxy) is 1. The number of halogens is 1. The van der Waals surface area contributed by atoms with E-state index in [2.05, 4.69) is 4.74 Å². The summed E-state index contributed by atoms with van der Waals surface area (Å²) in [5.74, 6) is -1.38. The normalized spacial score (nSPS) is 13.2. The van der Waals surface area contributed by atoms with Crippen LogP contribution >= 0.6 is 0 Å². The van der Waals surface area contributed by atoms with Crippen molar-refractivity contribution < 1.29 is 22.3 Å². The fourth-order valence-electron chi connectivity index (χ4n) is 1.12. The molecule has 6 heteroatoms. The molecule has 0 heterocycles. The summed E-state index contributed by atoms with van der Waals surface area (Å²) in [6.07, 6.45) is 0. The van der Waals surface area contributed by atoms with E-state index < -0.39 is 26.9 Å². The van der Waals surface area contributed by atoms with Crippen molar-refractivity contribution in [2.24, 2.45) is 0 Å². The highest BCUT2D eigenvalue weighted by molar-refractivity contribution is 7.92. The summed E-state index contributed by atoms with van der Waals surface area (Å²) in [4.78, 5) is 11.0. The van der Waals surface area contributed by atoms with Crippen molar-refractivity contribution in [1.29, 1.82) is 0 Å². The lowest BCUT2D eigenvalue weighted by atomic mass is 10.3. The van der Waals surface area contributed by atoms with Gasteiger partial charge in [-0.1, -0.05) is 0 Å². The molecule has 88 valence electrons. The van der Waals surface area contributed by atoms with Gasteiger partial charge in [0.2, 0.25) is 0 Å². The smallest absolute Gasteiger partial charge is 0.324 e. The van der Waals surface area contributed by atoms with Crippen LogP contribution < -0.4 is 0 Å². The predicted octanol–water partition coefficient (Wildman–Crippen LogP) is 1.16. The zero-order valence-corrected chi connectivity index (χ0v) is 9.62. The van der Waals surface area contributed by atoms with Crippen molar-refractivity contribution in [2.45, 2.75) is 17.1 Å². The number of methoxy groups -OCH3 is 1. The topological polar surface area (TPSA) is 60.4 Å². The van der Waals surface area contributed by atoms with Gasteiger partial charge in [0.05, 0.1) is 12.0 Å².